The first-order valence-electron chi connectivity index (χ1n) is 8.73. The van der Waals surface area contributed by atoms with Crippen LogP contribution < -0.4 is 5.32 Å². The summed E-state index contributed by atoms with van der Waals surface area (Å²) in [5.41, 5.74) is 2.35. The Kier molecular flexibility index (Phi) is 5.25. The second-order valence-corrected chi connectivity index (χ2v) is 7.09. The van der Waals surface area contributed by atoms with Gasteiger partial charge in [0.1, 0.15) is 11.6 Å². The summed E-state index contributed by atoms with van der Waals surface area (Å²) >= 11 is 1.21. The number of tetrazole rings is 1. The Labute approximate surface area is 170 Å². The van der Waals surface area contributed by atoms with E-state index in [1.165, 1.54) is 16.4 Å². The molecule has 29 heavy (non-hydrogen) atoms. The summed E-state index contributed by atoms with van der Waals surface area (Å²) in [5.74, 6) is 0.669. The second kappa shape index (κ2) is 8.15. The van der Waals surface area contributed by atoms with Crippen LogP contribution in [0.2, 0.25) is 0 Å². The topological polar surface area (TPSA) is 111 Å². The molecule has 0 saturated carbocycles. The number of phenolic OH excluding ortho intramolecular Hbond substituents is 1. The highest BCUT2D eigenvalue weighted by atomic mass is 32.2. The van der Waals surface area contributed by atoms with Crippen molar-refractivity contribution in [2.24, 2.45) is 0 Å². The summed E-state index contributed by atoms with van der Waals surface area (Å²) in [5, 5.41) is 28.8. The molecule has 1 amide bonds. The van der Waals surface area contributed by atoms with Crippen molar-refractivity contribution in [1.82, 2.24) is 30.0 Å². The van der Waals surface area contributed by atoms with Gasteiger partial charge in [-0.3, -0.25) is 4.79 Å². The Morgan fingerprint density at radius 3 is 2.55 bits per heavy atom. The van der Waals surface area contributed by atoms with E-state index in [2.05, 4.69) is 25.9 Å². The number of hydrogen-bond donors (Lipinski definition) is 2. The van der Waals surface area contributed by atoms with Gasteiger partial charge in [-0.2, -0.15) is 9.78 Å². The first-order valence-corrected chi connectivity index (χ1v) is 9.71. The predicted molar refractivity (Wildman–Crippen MR) is 108 cm³/mol. The number of carbonyl (C=O) groups is 1. The zero-order valence-electron chi connectivity index (χ0n) is 15.4. The van der Waals surface area contributed by atoms with Crippen LogP contribution in [0.3, 0.4) is 0 Å². The minimum atomic E-state index is -0.202. The van der Waals surface area contributed by atoms with E-state index in [1.54, 1.807) is 28.9 Å². The molecule has 0 radical (unpaired) electrons. The van der Waals surface area contributed by atoms with Crippen LogP contribution in [0, 0.1) is 6.92 Å². The van der Waals surface area contributed by atoms with E-state index in [0.29, 0.717) is 16.7 Å². The molecule has 4 aromatic rings. The van der Waals surface area contributed by atoms with Crippen LogP contribution in [-0.4, -0.2) is 46.8 Å². The number of aryl methyl sites for hydroxylation is 1. The van der Waals surface area contributed by atoms with Crippen LogP contribution in [0.5, 0.6) is 5.75 Å². The van der Waals surface area contributed by atoms with Gasteiger partial charge in [0.15, 0.2) is 0 Å². The molecule has 0 bridgehead atoms. The summed E-state index contributed by atoms with van der Waals surface area (Å²) in [6.07, 6.45) is 0. The number of nitrogens with zero attached hydrogens (tertiary/aromatic N) is 6. The first kappa shape index (κ1) is 18.7. The van der Waals surface area contributed by atoms with Crippen molar-refractivity contribution in [2.75, 3.05) is 11.1 Å². The fourth-order valence-electron chi connectivity index (χ4n) is 2.69. The van der Waals surface area contributed by atoms with Gasteiger partial charge >= 0.3 is 0 Å². The Bertz CT molecular complexity index is 1120. The van der Waals surface area contributed by atoms with Gasteiger partial charge in [0.05, 0.1) is 22.8 Å². The molecule has 0 aliphatic carbocycles. The molecule has 2 heterocycles. The molecule has 4 rings (SSSR count). The predicted octanol–water partition coefficient (Wildman–Crippen LogP) is 2.59. The molecule has 0 atom stereocenters. The fourth-order valence-corrected chi connectivity index (χ4v) is 3.38. The smallest absolute Gasteiger partial charge is 0.236 e. The van der Waals surface area contributed by atoms with Crippen LogP contribution in [0.4, 0.5) is 5.82 Å². The average Bonchev–Trinajstić information content (AvgIpc) is 3.34. The molecule has 10 heteroatoms. The van der Waals surface area contributed by atoms with Crippen molar-refractivity contribution in [2.45, 2.75) is 12.1 Å². The molecule has 2 N–H and O–H groups in total. The third kappa shape index (κ3) is 4.27. The van der Waals surface area contributed by atoms with Crippen LogP contribution in [-0.2, 0) is 4.79 Å². The molecule has 2 aromatic carbocycles. The van der Waals surface area contributed by atoms with Crippen molar-refractivity contribution in [3.8, 4) is 17.1 Å². The van der Waals surface area contributed by atoms with Crippen LogP contribution in [0.15, 0.2) is 65.8 Å². The molecule has 0 fully saturated rings. The van der Waals surface area contributed by atoms with Gasteiger partial charge in [0.25, 0.3) is 0 Å². The van der Waals surface area contributed by atoms with Crippen molar-refractivity contribution in [3.05, 3.63) is 66.4 Å². The van der Waals surface area contributed by atoms with Gasteiger partial charge in [-0.1, -0.05) is 30.0 Å². The Morgan fingerprint density at radius 2 is 1.79 bits per heavy atom. The lowest BCUT2D eigenvalue weighted by Gasteiger charge is -2.09. The number of carbonyl (C=O) groups excluding carboxylic acids is 1. The standard InChI is InChI=1S/C19H17N7O2S/c1-13-11-17(25(22-13)14-5-3-2-4-6-14)20-18(28)12-29-19-21-23-24-26(19)15-7-9-16(27)10-8-15/h2-11,27H,12H2,1H3,(H,20,28). The Balaban J connectivity index is 1.45. The van der Waals surface area contributed by atoms with Crippen LogP contribution in [0.25, 0.3) is 11.4 Å². The first-order chi connectivity index (χ1) is 14.1. The molecular weight excluding hydrogens is 390 g/mol. The lowest BCUT2D eigenvalue weighted by atomic mass is 10.3. The third-order valence-corrected chi connectivity index (χ3v) is 4.89. The van der Waals surface area contributed by atoms with Gasteiger partial charge in [-0.25, -0.2) is 4.68 Å². The maximum absolute atomic E-state index is 12.5. The number of amides is 1. The Morgan fingerprint density at radius 1 is 1.07 bits per heavy atom. The number of benzene rings is 2. The van der Waals surface area contributed by atoms with Gasteiger partial charge in [-0.15, -0.1) is 5.10 Å². The number of para-hydroxylation sites is 1. The number of anilines is 1. The maximum atomic E-state index is 12.5. The number of aromatic hydroxyl groups is 1. The second-order valence-electron chi connectivity index (χ2n) is 6.14. The third-order valence-electron chi connectivity index (χ3n) is 3.97. The number of aromatic nitrogens is 6. The largest absolute Gasteiger partial charge is 0.508 e. The van der Waals surface area contributed by atoms with E-state index in [9.17, 15) is 9.90 Å². The van der Waals surface area contributed by atoms with E-state index in [0.717, 1.165) is 11.4 Å². The minimum Gasteiger partial charge on any atom is -0.508 e. The highest BCUT2D eigenvalue weighted by Crippen LogP contribution is 2.21. The Hall–Kier alpha value is -3.66. The maximum Gasteiger partial charge on any atom is 0.236 e. The van der Waals surface area contributed by atoms with Crippen molar-refractivity contribution in [3.63, 3.8) is 0 Å². The number of rotatable bonds is 6. The quantitative estimate of drug-likeness (QED) is 0.473. The fraction of sp³-hybridized carbons (Fsp3) is 0.105. The summed E-state index contributed by atoms with van der Waals surface area (Å²) in [7, 11) is 0. The van der Waals surface area contributed by atoms with E-state index >= 15 is 0 Å². The monoisotopic (exact) mass is 407 g/mol. The average molecular weight is 407 g/mol. The highest BCUT2D eigenvalue weighted by molar-refractivity contribution is 7.99. The molecule has 146 valence electrons. The van der Waals surface area contributed by atoms with Crippen molar-refractivity contribution in [1.29, 1.82) is 0 Å². The number of nitrogens with one attached hydrogen (secondary N) is 1. The number of phenols is 1. The number of hydrogen-bond acceptors (Lipinski definition) is 7. The lowest BCUT2D eigenvalue weighted by molar-refractivity contribution is -0.113. The van der Waals surface area contributed by atoms with E-state index in [1.807, 2.05) is 43.3 Å². The summed E-state index contributed by atoms with van der Waals surface area (Å²) in [6.45, 7) is 1.87. The summed E-state index contributed by atoms with van der Waals surface area (Å²) in [6, 6.07) is 17.9. The zero-order valence-corrected chi connectivity index (χ0v) is 16.2. The number of thioether (sulfide) groups is 1. The molecule has 0 unspecified atom stereocenters. The normalized spacial score (nSPS) is 10.8. The lowest BCUT2D eigenvalue weighted by Crippen LogP contribution is -2.17. The van der Waals surface area contributed by atoms with Crippen molar-refractivity contribution >= 4 is 23.5 Å². The molecule has 0 spiro atoms. The van der Waals surface area contributed by atoms with Crippen LogP contribution in [0.1, 0.15) is 5.69 Å². The van der Waals surface area contributed by atoms with E-state index in [4.69, 9.17) is 0 Å². The molecule has 0 saturated heterocycles. The molecule has 9 nitrogen and oxygen atoms in total. The van der Waals surface area contributed by atoms with Crippen LogP contribution >= 0.6 is 11.8 Å². The SMILES string of the molecule is Cc1cc(NC(=O)CSc2nnnn2-c2ccc(O)cc2)n(-c2ccccc2)n1. The van der Waals surface area contributed by atoms with Gasteiger partial charge in [0.2, 0.25) is 11.1 Å². The molecule has 0 aliphatic heterocycles. The highest BCUT2D eigenvalue weighted by Gasteiger charge is 2.14. The zero-order chi connectivity index (χ0) is 20.2. The van der Waals surface area contributed by atoms with Crippen molar-refractivity contribution < 1.29 is 9.90 Å². The molecular formula is C19H17N7O2S. The molecule has 2 aromatic heterocycles. The van der Waals surface area contributed by atoms with Gasteiger partial charge in [0, 0.05) is 6.07 Å². The minimum absolute atomic E-state index is 0.122. The van der Waals surface area contributed by atoms with E-state index in [-0.39, 0.29) is 17.4 Å². The van der Waals surface area contributed by atoms with Gasteiger partial charge < -0.3 is 10.4 Å². The molecule has 0 aliphatic rings. The van der Waals surface area contributed by atoms with E-state index < -0.39 is 0 Å². The summed E-state index contributed by atoms with van der Waals surface area (Å²) in [4.78, 5) is 12.5. The van der Waals surface area contributed by atoms with Gasteiger partial charge in [-0.05, 0) is 53.7 Å². The summed E-state index contributed by atoms with van der Waals surface area (Å²) < 4.78 is 3.20.